The molecule has 6 aliphatic rings. The molecule has 6 aliphatic carbocycles. The van der Waals surface area contributed by atoms with Gasteiger partial charge < -0.3 is 14.6 Å². The Kier molecular flexibility index (Phi) is 10.7. The fourth-order valence-corrected chi connectivity index (χ4v) is 13.3. The highest BCUT2D eigenvalue weighted by atomic mass is 16.3. The molecular formula is C45H71N3O5. The molecule has 0 aromatic carbocycles. The number of carbonyl (C=O) groups excluding carboxylic acids is 3. The molecule has 2 N–H and O–H groups in total. The number of oxazole rings is 2. The maximum Gasteiger partial charge on any atom is 0.204 e. The van der Waals surface area contributed by atoms with E-state index in [1.807, 2.05) is 0 Å². The molecule has 2 aromatic rings. The van der Waals surface area contributed by atoms with Gasteiger partial charge in [-0.25, -0.2) is 9.97 Å². The van der Waals surface area contributed by atoms with Crippen LogP contribution in [0.3, 0.4) is 0 Å². The Labute approximate surface area is 320 Å². The Bertz CT molecular complexity index is 1590. The SMILES string of the molecule is CC1C(C)(C)C2CCC(=O)C(=O)C2C1(C)C.CC1C(C)(C)C2CCc3ncoc3C2C1(C)C.CC1C(C)(C)C2CCc3ocnc3C2C1(C)C.NC=O. The van der Waals surface area contributed by atoms with Crippen LogP contribution in [-0.2, 0) is 27.2 Å². The van der Waals surface area contributed by atoms with E-state index >= 15 is 0 Å². The summed E-state index contributed by atoms with van der Waals surface area (Å²) in [5.74, 6) is 6.97. The van der Waals surface area contributed by atoms with E-state index < -0.39 is 0 Å². The van der Waals surface area contributed by atoms with Crippen molar-refractivity contribution >= 4 is 18.0 Å². The number of fused-ring (bicyclic) bond motifs is 7. The van der Waals surface area contributed by atoms with Crippen LogP contribution in [0.4, 0.5) is 0 Å². The van der Waals surface area contributed by atoms with Crippen molar-refractivity contribution in [1.82, 2.24) is 9.97 Å². The van der Waals surface area contributed by atoms with Crippen molar-refractivity contribution < 1.29 is 23.2 Å². The Hall–Kier alpha value is -2.77. The second-order valence-corrected chi connectivity index (χ2v) is 21.2. The first-order valence-corrected chi connectivity index (χ1v) is 20.4. The van der Waals surface area contributed by atoms with Gasteiger partial charge in [0.2, 0.25) is 12.2 Å². The van der Waals surface area contributed by atoms with Gasteiger partial charge >= 0.3 is 0 Å². The van der Waals surface area contributed by atoms with E-state index in [0.717, 1.165) is 36.9 Å². The number of aromatic nitrogens is 2. The molecule has 9 atom stereocenters. The molecule has 0 aliphatic heterocycles. The van der Waals surface area contributed by atoms with Crippen LogP contribution in [0.15, 0.2) is 21.6 Å². The third kappa shape index (κ3) is 6.28. The summed E-state index contributed by atoms with van der Waals surface area (Å²) < 4.78 is 11.3. The Morgan fingerprint density at radius 3 is 1.57 bits per heavy atom. The first kappa shape index (κ1) is 41.4. The summed E-state index contributed by atoms with van der Waals surface area (Å²) >= 11 is 0. The van der Waals surface area contributed by atoms with E-state index in [4.69, 9.17) is 13.6 Å². The molecular weight excluding hydrogens is 663 g/mol. The van der Waals surface area contributed by atoms with E-state index in [1.54, 1.807) is 12.8 Å². The second-order valence-electron chi connectivity index (χ2n) is 21.2. The van der Waals surface area contributed by atoms with Crippen LogP contribution in [-0.4, -0.2) is 27.9 Å². The minimum Gasteiger partial charge on any atom is -0.448 e. The normalized spacial score (nSPS) is 36.7. The fraction of sp³-hybridized carbons (Fsp3) is 0.800. The molecule has 0 bridgehead atoms. The van der Waals surface area contributed by atoms with Crippen molar-refractivity contribution in [2.45, 2.75) is 154 Å². The summed E-state index contributed by atoms with van der Waals surface area (Å²) in [7, 11) is 0. The van der Waals surface area contributed by atoms with Crippen molar-refractivity contribution in [3.63, 3.8) is 0 Å². The number of rotatable bonds is 0. The molecule has 0 spiro atoms. The average Bonchev–Trinajstić information content (AvgIpc) is 3.84. The minimum atomic E-state index is -0.140. The smallest absolute Gasteiger partial charge is 0.204 e. The zero-order valence-corrected chi connectivity index (χ0v) is 35.7. The molecule has 0 radical (unpaired) electrons. The summed E-state index contributed by atoms with van der Waals surface area (Å²) in [5, 5.41) is 0. The lowest BCUT2D eigenvalue weighted by atomic mass is 9.68. The van der Waals surface area contributed by atoms with Gasteiger partial charge in [0, 0.05) is 30.6 Å². The van der Waals surface area contributed by atoms with Gasteiger partial charge in [0.25, 0.3) is 0 Å². The molecule has 9 unspecified atom stereocenters. The van der Waals surface area contributed by atoms with Gasteiger partial charge in [-0.3, -0.25) is 14.4 Å². The molecule has 53 heavy (non-hydrogen) atoms. The van der Waals surface area contributed by atoms with Crippen LogP contribution < -0.4 is 5.73 Å². The molecule has 0 saturated heterocycles. The number of nitrogens with two attached hydrogens (primary N) is 1. The molecule has 8 rings (SSSR count). The molecule has 8 nitrogen and oxygen atoms in total. The quantitative estimate of drug-likeness (QED) is 0.211. The predicted molar refractivity (Wildman–Crippen MR) is 209 cm³/mol. The van der Waals surface area contributed by atoms with Crippen molar-refractivity contribution in [2.75, 3.05) is 0 Å². The van der Waals surface area contributed by atoms with Crippen molar-refractivity contribution in [1.29, 1.82) is 0 Å². The number of carbonyl (C=O) groups is 3. The Balaban J connectivity index is 0.000000148. The average molecular weight is 734 g/mol. The first-order chi connectivity index (χ1) is 24.3. The number of Topliss-reactive ketones (excluding diaryl/α,β-unsaturated/α-hetero) is 2. The van der Waals surface area contributed by atoms with Gasteiger partial charge in [0.15, 0.2) is 18.6 Å². The number of aryl methyl sites for hydroxylation is 2. The highest BCUT2D eigenvalue weighted by molar-refractivity contribution is 6.38. The lowest BCUT2D eigenvalue weighted by molar-refractivity contribution is -0.145. The van der Waals surface area contributed by atoms with E-state index in [9.17, 15) is 9.59 Å². The second kappa shape index (κ2) is 13.8. The van der Waals surface area contributed by atoms with Gasteiger partial charge in [0.1, 0.15) is 11.5 Å². The standard InChI is InChI=1S/2C15H23NO.C14H22O2.CH3NO/c1-9-14(2,3)10-6-7-11-13(16-8-17-11)12(10)15(9,4)5;1-9-14(2,3)10-6-7-11-13(17-8-16-11)12(10)15(9,4)5;1-8-13(2,3)9-6-7-10(15)12(16)11(9)14(8,4)5;2-1-3/h2*8-10,12H,6-7H2,1-5H3;8-9,11H,6-7H2,1-5H3;1H,(H2,2,3). The van der Waals surface area contributed by atoms with E-state index in [0.29, 0.717) is 63.6 Å². The topological polar surface area (TPSA) is 129 Å². The Morgan fingerprint density at radius 1 is 0.604 bits per heavy atom. The molecule has 8 heteroatoms. The predicted octanol–water partition coefficient (Wildman–Crippen LogP) is 10.00. The van der Waals surface area contributed by atoms with Crippen LogP contribution in [0.25, 0.3) is 0 Å². The van der Waals surface area contributed by atoms with E-state index in [2.05, 4.69) is 120 Å². The monoisotopic (exact) mass is 734 g/mol. The lowest BCUT2D eigenvalue weighted by Crippen LogP contribution is -2.40. The largest absolute Gasteiger partial charge is 0.448 e. The molecule has 2 aromatic heterocycles. The number of hydrogen-bond acceptors (Lipinski definition) is 7. The molecule has 4 saturated carbocycles. The molecule has 296 valence electrons. The van der Waals surface area contributed by atoms with Crippen LogP contribution in [0.2, 0.25) is 0 Å². The lowest BCUT2D eigenvalue weighted by Gasteiger charge is -2.35. The fourth-order valence-electron chi connectivity index (χ4n) is 13.3. The minimum absolute atomic E-state index is 0.0403. The van der Waals surface area contributed by atoms with Crippen LogP contribution >= 0.6 is 0 Å². The summed E-state index contributed by atoms with van der Waals surface area (Å²) in [4.78, 5) is 41.2. The maximum absolute atomic E-state index is 12.1. The highest BCUT2D eigenvalue weighted by Crippen LogP contribution is 2.68. The number of hydrogen-bond donors (Lipinski definition) is 1. The van der Waals surface area contributed by atoms with E-state index in [1.165, 1.54) is 30.0 Å². The van der Waals surface area contributed by atoms with Gasteiger partial charge in [0.05, 0.1) is 11.4 Å². The number of nitrogens with zero attached hydrogens (tertiary/aromatic N) is 2. The summed E-state index contributed by atoms with van der Waals surface area (Å²) in [6, 6.07) is 0. The molecule has 2 heterocycles. The first-order valence-electron chi connectivity index (χ1n) is 20.4. The number of ketones is 2. The van der Waals surface area contributed by atoms with Gasteiger partial charge in [-0.05, 0) is 93.7 Å². The third-order valence-electron chi connectivity index (χ3n) is 17.7. The van der Waals surface area contributed by atoms with E-state index in [-0.39, 0.29) is 34.7 Å². The summed E-state index contributed by atoms with van der Waals surface area (Å²) in [5.41, 5.74) is 8.20. The van der Waals surface area contributed by atoms with Crippen molar-refractivity contribution in [3.8, 4) is 0 Å². The van der Waals surface area contributed by atoms with Gasteiger partial charge in [-0.2, -0.15) is 0 Å². The van der Waals surface area contributed by atoms with Crippen molar-refractivity contribution in [3.05, 3.63) is 35.7 Å². The number of primary amides is 1. The molecule has 1 amide bonds. The Morgan fingerprint density at radius 2 is 1.02 bits per heavy atom. The van der Waals surface area contributed by atoms with Crippen molar-refractivity contribution in [2.24, 2.45) is 79.6 Å². The van der Waals surface area contributed by atoms with Gasteiger partial charge in [-0.15, -0.1) is 0 Å². The van der Waals surface area contributed by atoms with Crippen LogP contribution in [0.1, 0.15) is 164 Å². The maximum atomic E-state index is 12.1. The zero-order chi connectivity index (χ0) is 39.9. The summed E-state index contributed by atoms with van der Waals surface area (Å²) in [6.45, 7) is 35.3. The highest BCUT2D eigenvalue weighted by Gasteiger charge is 2.63. The van der Waals surface area contributed by atoms with Crippen LogP contribution in [0, 0.1) is 73.9 Å². The zero-order valence-electron chi connectivity index (χ0n) is 35.7. The van der Waals surface area contributed by atoms with Gasteiger partial charge in [-0.1, -0.05) is 104 Å². The third-order valence-corrected chi connectivity index (χ3v) is 17.7. The van der Waals surface area contributed by atoms with Crippen LogP contribution in [0.5, 0.6) is 0 Å². The summed E-state index contributed by atoms with van der Waals surface area (Å²) in [6.07, 6.45) is 9.58. The molecule has 4 fully saturated rings. The number of amides is 1.